The van der Waals surface area contributed by atoms with Gasteiger partial charge in [0.15, 0.2) is 0 Å². The van der Waals surface area contributed by atoms with E-state index < -0.39 is 16.9 Å². The van der Waals surface area contributed by atoms with E-state index in [-0.39, 0.29) is 24.8 Å². The summed E-state index contributed by atoms with van der Waals surface area (Å²) in [5.41, 5.74) is 0.252. The Morgan fingerprint density at radius 1 is 1.03 bits per heavy atom. The van der Waals surface area contributed by atoms with Gasteiger partial charge in [-0.2, -0.15) is 10.2 Å². The van der Waals surface area contributed by atoms with Crippen molar-refractivity contribution in [3.05, 3.63) is 83.8 Å². The number of likely N-dealkylation sites (N-methyl/N-ethyl adjacent to an activating group) is 1. The molecule has 2 aromatic carbocycles. The minimum atomic E-state index is -1.32. The molecule has 0 aliphatic carbocycles. The van der Waals surface area contributed by atoms with E-state index in [2.05, 4.69) is 10.2 Å². The van der Waals surface area contributed by atoms with Crippen LogP contribution in [0.4, 0.5) is 4.39 Å². The Kier molecular flexibility index (Phi) is 5.50. The van der Waals surface area contributed by atoms with Gasteiger partial charge in [-0.15, -0.1) is 0 Å². The Labute approximate surface area is 186 Å². The summed E-state index contributed by atoms with van der Waals surface area (Å²) < 4.78 is 18.9. The Morgan fingerprint density at radius 3 is 2.28 bits per heavy atom. The summed E-state index contributed by atoms with van der Waals surface area (Å²) in [6, 6.07) is 18.7. The van der Waals surface area contributed by atoms with Crippen molar-refractivity contribution in [2.24, 2.45) is 0 Å². The van der Waals surface area contributed by atoms with Crippen LogP contribution in [0.1, 0.15) is 31.5 Å². The van der Waals surface area contributed by atoms with Crippen molar-refractivity contribution in [2.45, 2.75) is 37.8 Å². The minimum absolute atomic E-state index is 0.0608. The molecule has 1 atom stereocenters. The number of esters is 1. The molecule has 0 bridgehead atoms. The molecule has 0 saturated carbocycles. The summed E-state index contributed by atoms with van der Waals surface area (Å²) in [4.78, 5) is 27.8. The average Bonchev–Trinajstić information content (AvgIpc) is 2.99. The Hall–Kier alpha value is -3.61. The van der Waals surface area contributed by atoms with E-state index in [0.717, 1.165) is 5.56 Å². The lowest BCUT2D eigenvalue weighted by atomic mass is 9.69. The maximum absolute atomic E-state index is 13.5. The van der Waals surface area contributed by atoms with Gasteiger partial charge in [0, 0.05) is 12.6 Å². The Balaban J connectivity index is 1.71. The minimum Gasteiger partial charge on any atom is -0.460 e. The fourth-order valence-electron chi connectivity index (χ4n) is 4.17. The quantitative estimate of drug-likeness (QED) is 0.571. The van der Waals surface area contributed by atoms with Crippen molar-refractivity contribution in [2.75, 3.05) is 7.05 Å². The van der Waals surface area contributed by atoms with Crippen molar-refractivity contribution in [3.63, 3.8) is 0 Å². The molecule has 1 fully saturated rings. The van der Waals surface area contributed by atoms with Crippen LogP contribution in [0.2, 0.25) is 0 Å². The number of benzene rings is 2. The van der Waals surface area contributed by atoms with Gasteiger partial charge in [0.05, 0.1) is 23.3 Å². The van der Waals surface area contributed by atoms with Crippen LogP contribution < -0.4 is 0 Å². The number of ether oxygens (including phenoxy) is 1. The highest BCUT2D eigenvalue weighted by molar-refractivity contribution is 5.96. The van der Waals surface area contributed by atoms with Crippen LogP contribution in [0.5, 0.6) is 0 Å². The Morgan fingerprint density at radius 2 is 1.72 bits per heavy atom. The van der Waals surface area contributed by atoms with Gasteiger partial charge in [-0.05, 0) is 55.8 Å². The molecule has 1 unspecified atom stereocenters. The molecular weight excluding hydrogens is 409 g/mol. The van der Waals surface area contributed by atoms with E-state index in [4.69, 9.17) is 4.74 Å². The van der Waals surface area contributed by atoms with Crippen LogP contribution in [-0.4, -0.2) is 39.6 Å². The zero-order valence-corrected chi connectivity index (χ0v) is 18.2. The van der Waals surface area contributed by atoms with Crippen LogP contribution >= 0.6 is 0 Å². The smallest absolute Gasteiger partial charge is 0.321 e. The maximum Gasteiger partial charge on any atom is 0.321 e. The van der Waals surface area contributed by atoms with Crippen LogP contribution in [-0.2, 0) is 26.3 Å². The first-order valence-corrected chi connectivity index (χ1v) is 10.3. The normalized spacial score (nSPS) is 19.8. The van der Waals surface area contributed by atoms with Gasteiger partial charge in [0.25, 0.3) is 0 Å². The SMILES string of the molecule is CN1C(=O)CC(C(=O)OCc2ccccc2)(c2ccc(-c3ccc(F)cc3)nn2)C1(C)C. The zero-order chi connectivity index (χ0) is 22.9. The third kappa shape index (κ3) is 3.53. The molecule has 0 radical (unpaired) electrons. The van der Waals surface area contributed by atoms with Crippen molar-refractivity contribution < 1.29 is 18.7 Å². The fourth-order valence-corrected chi connectivity index (χ4v) is 4.17. The first-order chi connectivity index (χ1) is 15.3. The third-order valence-electron chi connectivity index (χ3n) is 6.48. The van der Waals surface area contributed by atoms with Crippen LogP contribution in [0.25, 0.3) is 11.3 Å². The largest absolute Gasteiger partial charge is 0.460 e. The van der Waals surface area contributed by atoms with E-state index in [1.54, 1.807) is 36.2 Å². The number of amides is 1. The van der Waals surface area contributed by atoms with Gasteiger partial charge in [-0.3, -0.25) is 9.59 Å². The summed E-state index contributed by atoms with van der Waals surface area (Å²) in [6.07, 6.45) is -0.0608. The fraction of sp³-hybridized carbons (Fsp3) is 0.280. The topological polar surface area (TPSA) is 72.4 Å². The molecule has 1 amide bonds. The van der Waals surface area contributed by atoms with Gasteiger partial charge in [-0.25, -0.2) is 4.39 Å². The monoisotopic (exact) mass is 433 g/mol. The molecule has 0 spiro atoms. The van der Waals surface area contributed by atoms with Crippen molar-refractivity contribution in [1.29, 1.82) is 0 Å². The standard InChI is InChI=1S/C25H24FN3O3/c1-24(2)25(15-22(30)29(24)3,23(31)32-16-17-7-5-4-6-8-17)21-14-13-20(27-28-21)18-9-11-19(26)12-10-18/h4-14H,15-16H2,1-3H3. The van der Waals surface area contributed by atoms with Gasteiger partial charge in [0.2, 0.25) is 5.91 Å². The zero-order valence-electron chi connectivity index (χ0n) is 18.2. The Bertz CT molecular complexity index is 1130. The lowest BCUT2D eigenvalue weighted by molar-refractivity contribution is -0.155. The molecule has 2 heterocycles. The van der Waals surface area contributed by atoms with Gasteiger partial charge >= 0.3 is 5.97 Å². The molecule has 1 aliphatic heterocycles. The molecule has 164 valence electrons. The number of carbonyl (C=O) groups is 2. The number of hydrogen-bond acceptors (Lipinski definition) is 5. The molecule has 1 aromatic heterocycles. The summed E-state index contributed by atoms with van der Waals surface area (Å²) in [7, 11) is 1.68. The highest BCUT2D eigenvalue weighted by Gasteiger charge is 2.64. The lowest BCUT2D eigenvalue weighted by Crippen LogP contribution is -2.56. The molecule has 4 rings (SSSR count). The number of rotatable bonds is 5. The lowest BCUT2D eigenvalue weighted by Gasteiger charge is -2.40. The number of halogens is 1. The molecule has 1 aliphatic rings. The molecular formula is C25H24FN3O3. The third-order valence-corrected chi connectivity index (χ3v) is 6.48. The number of nitrogens with zero attached hydrogens (tertiary/aromatic N) is 3. The predicted molar refractivity (Wildman–Crippen MR) is 117 cm³/mol. The molecule has 0 N–H and O–H groups in total. The van der Waals surface area contributed by atoms with Crippen molar-refractivity contribution in [1.82, 2.24) is 15.1 Å². The van der Waals surface area contributed by atoms with Crippen LogP contribution in [0.15, 0.2) is 66.7 Å². The second-order valence-electron chi connectivity index (χ2n) is 8.47. The number of hydrogen-bond donors (Lipinski definition) is 0. The van der Waals surface area contributed by atoms with Gasteiger partial charge in [-0.1, -0.05) is 30.3 Å². The van der Waals surface area contributed by atoms with E-state index >= 15 is 0 Å². The predicted octanol–water partition coefficient (Wildman–Crippen LogP) is 3.90. The van der Waals surface area contributed by atoms with E-state index in [9.17, 15) is 14.0 Å². The molecule has 7 heteroatoms. The van der Waals surface area contributed by atoms with E-state index in [1.165, 1.54) is 12.1 Å². The van der Waals surface area contributed by atoms with Crippen molar-refractivity contribution >= 4 is 11.9 Å². The number of likely N-dealkylation sites (tertiary alicyclic amines) is 1. The molecule has 1 saturated heterocycles. The van der Waals surface area contributed by atoms with Gasteiger partial charge in [0.1, 0.15) is 17.8 Å². The molecule has 32 heavy (non-hydrogen) atoms. The highest BCUT2D eigenvalue weighted by atomic mass is 19.1. The first kappa shape index (κ1) is 21.6. The molecule has 6 nitrogen and oxygen atoms in total. The summed E-state index contributed by atoms with van der Waals surface area (Å²) in [6.45, 7) is 3.75. The summed E-state index contributed by atoms with van der Waals surface area (Å²) in [5.74, 6) is -1.03. The van der Waals surface area contributed by atoms with Crippen LogP contribution in [0, 0.1) is 5.82 Å². The summed E-state index contributed by atoms with van der Waals surface area (Å²) in [5, 5.41) is 8.62. The second kappa shape index (κ2) is 8.15. The summed E-state index contributed by atoms with van der Waals surface area (Å²) >= 11 is 0. The van der Waals surface area contributed by atoms with Crippen LogP contribution in [0.3, 0.4) is 0 Å². The van der Waals surface area contributed by atoms with E-state index in [0.29, 0.717) is 17.0 Å². The maximum atomic E-state index is 13.5. The second-order valence-corrected chi connectivity index (χ2v) is 8.47. The molecule has 3 aromatic rings. The number of carbonyl (C=O) groups excluding carboxylic acids is 2. The average molecular weight is 433 g/mol. The van der Waals surface area contributed by atoms with Gasteiger partial charge < -0.3 is 9.64 Å². The van der Waals surface area contributed by atoms with E-state index in [1.807, 2.05) is 44.2 Å². The highest BCUT2D eigenvalue weighted by Crippen LogP contribution is 2.48. The first-order valence-electron chi connectivity index (χ1n) is 10.3. The number of aromatic nitrogens is 2. The van der Waals surface area contributed by atoms with Crippen molar-refractivity contribution in [3.8, 4) is 11.3 Å².